The molecular weight excluding hydrogens is 692 g/mol. The fourth-order valence-corrected chi connectivity index (χ4v) is 7.60. The van der Waals surface area contributed by atoms with Crippen LogP contribution in [0.1, 0.15) is 89.0 Å². The van der Waals surface area contributed by atoms with Gasteiger partial charge in [-0.05, 0) is 48.6 Å². The van der Waals surface area contributed by atoms with Gasteiger partial charge in [0.2, 0.25) is 23.5 Å². The molecule has 54 heavy (non-hydrogen) atoms. The van der Waals surface area contributed by atoms with Crippen molar-refractivity contribution in [3.05, 3.63) is 48.5 Å². The second-order valence-electron chi connectivity index (χ2n) is 15.8. The molecule has 1 unspecified atom stereocenters. The molecule has 4 atom stereocenters. The van der Waals surface area contributed by atoms with Crippen LogP contribution in [0.5, 0.6) is 5.75 Å². The van der Waals surface area contributed by atoms with Gasteiger partial charge in [-0.3, -0.25) is 33.8 Å². The number of ketones is 1. The zero-order chi connectivity index (χ0) is 39.0. The molecule has 5 rings (SSSR count). The van der Waals surface area contributed by atoms with E-state index in [0.717, 1.165) is 51.4 Å². The van der Waals surface area contributed by atoms with Crippen molar-refractivity contribution in [3.63, 3.8) is 0 Å². The fraction of sp³-hybridized carbons (Fsp3) is 0.590. The van der Waals surface area contributed by atoms with Crippen molar-refractivity contribution in [2.24, 2.45) is 23.0 Å². The summed E-state index contributed by atoms with van der Waals surface area (Å²) in [6.07, 6.45) is 11.7. The first kappa shape index (κ1) is 40.1. The number of nitrogens with zero attached hydrogens (tertiary/aromatic N) is 4. The number of anilines is 1. The molecule has 1 aliphatic heterocycles. The average Bonchev–Trinajstić information content (AvgIpc) is 3.15. The van der Waals surface area contributed by atoms with Gasteiger partial charge >= 0.3 is 0 Å². The van der Waals surface area contributed by atoms with Crippen molar-refractivity contribution < 1.29 is 33.5 Å². The molecule has 2 heterocycles. The van der Waals surface area contributed by atoms with E-state index >= 15 is 0 Å². The zero-order valence-electron chi connectivity index (χ0n) is 31.7. The van der Waals surface area contributed by atoms with Crippen LogP contribution in [0.2, 0.25) is 0 Å². The van der Waals surface area contributed by atoms with Gasteiger partial charge in [0.15, 0.2) is 0 Å². The summed E-state index contributed by atoms with van der Waals surface area (Å²) in [7, 11) is 1.54. The van der Waals surface area contributed by atoms with Gasteiger partial charge in [0.1, 0.15) is 29.6 Å². The number of amides is 5. The van der Waals surface area contributed by atoms with Gasteiger partial charge in [0, 0.05) is 37.2 Å². The minimum atomic E-state index is -1.12. The lowest BCUT2D eigenvalue weighted by atomic mass is 9.80. The molecule has 1 aromatic carbocycles. The molecule has 0 bridgehead atoms. The Kier molecular flexibility index (Phi) is 13.2. The maximum atomic E-state index is 14.6. The number of Topliss-reactive ketones (excluding diaryl/α,β-unsaturated/α-hetero) is 1. The van der Waals surface area contributed by atoms with E-state index in [1.165, 1.54) is 18.6 Å². The molecule has 2 saturated carbocycles. The highest BCUT2D eigenvalue weighted by atomic mass is 16.5. The van der Waals surface area contributed by atoms with Gasteiger partial charge in [-0.25, -0.2) is 4.98 Å². The molecule has 5 amide bonds. The molecule has 2 aliphatic carbocycles. The Hall–Kier alpha value is -5.08. The van der Waals surface area contributed by atoms with E-state index in [1.54, 1.807) is 30.2 Å². The second kappa shape index (κ2) is 17.8. The molecule has 0 spiro atoms. The highest BCUT2D eigenvalue weighted by Gasteiger charge is 2.43. The number of carbonyl (C=O) groups is 6. The van der Waals surface area contributed by atoms with Crippen LogP contribution in [0.3, 0.4) is 0 Å². The second-order valence-corrected chi connectivity index (χ2v) is 15.8. The van der Waals surface area contributed by atoms with Gasteiger partial charge in [-0.1, -0.05) is 65.4 Å². The first-order valence-electron chi connectivity index (χ1n) is 19.0. The summed E-state index contributed by atoms with van der Waals surface area (Å²) < 4.78 is 5.44. The Bertz CT molecular complexity index is 1670. The lowest BCUT2D eigenvalue weighted by Crippen LogP contribution is -2.66. The monoisotopic (exact) mass is 746 g/mol. The number of carbonyl (C=O) groups excluding carboxylic acids is 6. The molecule has 15 heteroatoms. The van der Waals surface area contributed by atoms with Gasteiger partial charge in [0.05, 0.1) is 25.9 Å². The smallest absolute Gasteiger partial charge is 0.287 e. The number of piperazine rings is 1. The van der Waals surface area contributed by atoms with Gasteiger partial charge < -0.3 is 36.2 Å². The molecule has 15 nitrogen and oxygen atoms in total. The van der Waals surface area contributed by atoms with Crippen LogP contribution < -0.4 is 31.3 Å². The largest absolute Gasteiger partial charge is 0.497 e. The van der Waals surface area contributed by atoms with Gasteiger partial charge in [0.25, 0.3) is 11.8 Å². The van der Waals surface area contributed by atoms with Crippen LogP contribution in [0.25, 0.3) is 0 Å². The van der Waals surface area contributed by atoms with E-state index < -0.39 is 59.0 Å². The molecule has 292 valence electrons. The van der Waals surface area contributed by atoms with Gasteiger partial charge in [-0.2, -0.15) is 0 Å². The topological polar surface area (TPSA) is 206 Å². The highest BCUT2D eigenvalue weighted by Crippen LogP contribution is 2.32. The Morgan fingerprint density at radius 2 is 1.69 bits per heavy atom. The van der Waals surface area contributed by atoms with Crippen LogP contribution in [0.4, 0.5) is 5.69 Å². The van der Waals surface area contributed by atoms with Crippen molar-refractivity contribution in [2.75, 3.05) is 31.6 Å². The van der Waals surface area contributed by atoms with Crippen molar-refractivity contribution in [3.8, 4) is 5.75 Å². The summed E-state index contributed by atoms with van der Waals surface area (Å²) in [5.41, 5.74) is 5.39. The predicted molar refractivity (Wildman–Crippen MR) is 200 cm³/mol. The van der Waals surface area contributed by atoms with Crippen molar-refractivity contribution in [1.82, 2.24) is 30.8 Å². The number of primary amides is 1. The number of aromatic nitrogens is 2. The average molecular weight is 747 g/mol. The Morgan fingerprint density at radius 1 is 0.944 bits per heavy atom. The third-order valence-electron chi connectivity index (χ3n) is 10.9. The van der Waals surface area contributed by atoms with Crippen molar-refractivity contribution >= 4 is 41.0 Å². The third kappa shape index (κ3) is 9.91. The number of hydrogen-bond acceptors (Lipinski definition) is 10. The lowest BCUT2D eigenvalue weighted by molar-refractivity contribution is -0.142. The Labute approximate surface area is 316 Å². The van der Waals surface area contributed by atoms with Crippen molar-refractivity contribution in [2.45, 2.75) is 103 Å². The lowest BCUT2D eigenvalue weighted by Gasteiger charge is -2.44. The van der Waals surface area contributed by atoms with E-state index in [4.69, 9.17) is 10.5 Å². The molecular formula is C39H54N8O7. The number of nitrogens with two attached hydrogens (primary N) is 1. The number of methoxy groups -OCH3 is 1. The summed E-state index contributed by atoms with van der Waals surface area (Å²) in [6, 6.07) is 3.23. The van der Waals surface area contributed by atoms with Crippen LogP contribution in [0.15, 0.2) is 42.9 Å². The number of rotatable bonds is 14. The number of benzene rings is 1. The minimum Gasteiger partial charge on any atom is -0.497 e. The highest BCUT2D eigenvalue weighted by molar-refractivity contribution is 6.37. The normalized spacial score (nSPS) is 19.7. The molecule has 3 aliphatic rings. The number of hydrogen-bond donors (Lipinski definition) is 4. The molecule has 5 N–H and O–H groups in total. The summed E-state index contributed by atoms with van der Waals surface area (Å²) in [5.74, 6) is -3.26. The van der Waals surface area contributed by atoms with Crippen LogP contribution in [-0.4, -0.2) is 101 Å². The molecule has 3 fully saturated rings. The molecule has 2 aromatic rings. The Morgan fingerprint density at radius 3 is 2.30 bits per heavy atom. The maximum Gasteiger partial charge on any atom is 0.287 e. The summed E-state index contributed by atoms with van der Waals surface area (Å²) in [6.45, 7) is 5.95. The SMILES string of the molecule is COc1cccc(N2CCN(C(=O)[C@@H](NC(=O)[C@H](NC(=O)c3cnccn3)C3CCCCC3)C(C)(C)C)C[C@@H]2C(=O)NC(CC2CCC2)C(=O)C(N)=O)c1. The molecule has 1 saturated heterocycles. The summed E-state index contributed by atoms with van der Waals surface area (Å²) in [5, 5.41) is 8.69. The van der Waals surface area contributed by atoms with Crippen molar-refractivity contribution in [1.29, 1.82) is 0 Å². The van der Waals surface area contributed by atoms with Crippen LogP contribution in [0, 0.1) is 17.3 Å². The minimum absolute atomic E-state index is 0.0687. The summed E-state index contributed by atoms with van der Waals surface area (Å²) in [4.78, 5) is 92.6. The zero-order valence-corrected chi connectivity index (χ0v) is 31.7. The van der Waals surface area contributed by atoms with E-state index in [1.807, 2.05) is 31.7 Å². The molecule has 1 aromatic heterocycles. The fourth-order valence-electron chi connectivity index (χ4n) is 7.60. The van der Waals surface area contributed by atoms with Crippen LogP contribution in [-0.2, 0) is 24.0 Å². The summed E-state index contributed by atoms with van der Waals surface area (Å²) >= 11 is 0. The van der Waals surface area contributed by atoms with E-state index in [-0.39, 0.29) is 43.1 Å². The predicted octanol–water partition coefficient (Wildman–Crippen LogP) is 2.14. The first-order valence-corrected chi connectivity index (χ1v) is 19.0. The third-order valence-corrected chi connectivity index (χ3v) is 10.9. The van der Waals surface area contributed by atoms with E-state index in [2.05, 4.69) is 25.9 Å². The quantitative estimate of drug-likeness (QED) is 0.207. The Balaban J connectivity index is 1.39. The maximum absolute atomic E-state index is 14.6. The van der Waals surface area contributed by atoms with Crippen LogP contribution >= 0.6 is 0 Å². The first-order chi connectivity index (χ1) is 25.8. The standard InChI is InChI=1S/C39H54N8O7/c1-39(2,3)33(45-37(52)31(25-12-6-5-7-13-25)44-35(50)29-22-41-16-17-42-29)38(53)46-18-19-47(26-14-9-15-27(21-26)54-4)30(23-46)36(51)43-28(32(48)34(40)49)20-24-10-8-11-24/h9,14-17,21-22,24-25,28,30-31,33H,5-8,10-13,18-20,23H2,1-4H3,(H2,40,49)(H,43,51)(H,44,50)(H,45,52)/t28?,30-,31-,33-/m1/s1. The number of nitrogens with one attached hydrogen (secondary N) is 3. The van der Waals surface area contributed by atoms with Gasteiger partial charge in [-0.15, -0.1) is 0 Å². The number of ether oxygens (including phenoxy) is 1. The van der Waals surface area contributed by atoms with E-state index in [9.17, 15) is 28.8 Å². The van der Waals surface area contributed by atoms with E-state index in [0.29, 0.717) is 17.9 Å². The molecule has 0 radical (unpaired) electrons.